The Hall–Kier alpha value is -2.81. The van der Waals surface area contributed by atoms with E-state index in [0.717, 1.165) is 17.7 Å². The molecular weight excluding hydrogens is 332 g/mol. The molecule has 1 atom stereocenters. The van der Waals surface area contributed by atoms with Gasteiger partial charge in [0.15, 0.2) is 5.76 Å². The Morgan fingerprint density at radius 2 is 2.08 bits per heavy atom. The van der Waals surface area contributed by atoms with Crippen LogP contribution in [0.2, 0.25) is 0 Å². The Kier molecular flexibility index (Phi) is 4.37. The summed E-state index contributed by atoms with van der Waals surface area (Å²) in [6, 6.07) is 3.56. The second-order valence-electron chi connectivity index (χ2n) is 7.06. The van der Waals surface area contributed by atoms with Crippen LogP contribution in [0.5, 0.6) is 0 Å². The largest absolute Gasteiger partial charge is 0.459 e. The molecule has 3 fully saturated rings. The second kappa shape index (κ2) is 6.83. The molecule has 2 aromatic rings. The fourth-order valence-corrected chi connectivity index (χ4v) is 4.08. The standard InChI is InChI=1S/C20H20N2O4/c1-25-19(23)7-6-15-9-14-11-21-17(10-18(14)26-15)20(24)22-16-8-12-2-4-13(16)5-3-12/h9-13,16H,2-5,8H2,1H3,(H,22,24). The van der Waals surface area contributed by atoms with E-state index in [1.807, 2.05) is 0 Å². The highest BCUT2D eigenvalue weighted by atomic mass is 16.5. The molecule has 1 N–H and O–H groups in total. The van der Waals surface area contributed by atoms with E-state index < -0.39 is 5.97 Å². The molecule has 5 rings (SSSR count). The summed E-state index contributed by atoms with van der Waals surface area (Å²) in [5.41, 5.74) is 0.852. The highest BCUT2D eigenvalue weighted by Gasteiger charge is 2.36. The first-order valence-electron chi connectivity index (χ1n) is 8.93. The average molecular weight is 352 g/mol. The molecule has 3 saturated carbocycles. The van der Waals surface area contributed by atoms with E-state index in [2.05, 4.69) is 26.9 Å². The lowest BCUT2D eigenvalue weighted by atomic mass is 9.68. The summed E-state index contributed by atoms with van der Waals surface area (Å²) in [4.78, 5) is 27.9. The van der Waals surface area contributed by atoms with Gasteiger partial charge in [-0.3, -0.25) is 9.78 Å². The maximum Gasteiger partial charge on any atom is 0.384 e. The molecule has 0 aromatic carbocycles. The average Bonchev–Trinajstić information content (AvgIpc) is 3.09. The van der Waals surface area contributed by atoms with E-state index in [9.17, 15) is 9.59 Å². The van der Waals surface area contributed by atoms with Crippen LogP contribution in [0.25, 0.3) is 11.0 Å². The lowest BCUT2D eigenvalue weighted by Gasteiger charge is -2.42. The van der Waals surface area contributed by atoms with Crippen molar-refractivity contribution in [1.29, 1.82) is 0 Å². The zero-order valence-corrected chi connectivity index (χ0v) is 14.6. The number of ether oxygens (including phenoxy) is 1. The summed E-state index contributed by atoms with van der Waals surface area (Å²) in [5, 5.41) is 3.88. The Balaban J connectivity index is 1.50. The molecule has 0 aliphatic heterocycles. The van der Waals surface area contributed by atoms with Gasteiger partial charge in [-0.15, -0.1) is 0 Å². The van der Waals surface area contributed by atoms with E-state index in [1.54, 1.807) is 18.3 Å². The van der Waals surface area contributed by atoms with Crippen LogP contribution < -0.4 is 5.32 Å². The highest BCUT2D eigenvalue weighted by molar-refractivity contribution is 5.95. The van der Waals surface area contributed by atoms with Gasteiger partial charge in [-0.2, -0.15) is 0 Å². The van der Waals surface area contributed by atoms with Crippen LogP contribution in [0.4, 0.5) is 0 Å². The summed E-state index contributed by atoms with van der Waals surface area (Å²) in [7, 11) is 1.27. The first kappa shape index (κ1) is 16.6. The molecule has 1 amide bonds. The van der Waals surface area contributed by atoms with Crippen LogP contribution in [-0.2, 0) is 9.53 Å². The Morgan fingerprint density at radius 3 is 2.77 bits per heavy atom. The monoisotopic (exact) mass is 352 g/mol. The quantitative estimate of drug-likeness (QED) is 0.664. The van der Waals surface area contributed by atoms with Crippen LogP contribution in [-0.4, -0.2) is 30.0 Å². The number of nitrogens with zero attached hydrogens (tertiary/aromatic N) is 1. The molecule has 3 aliphatic carbocycles. The maximum absolute atomic E-state index is 12.6. The number of fused-ring (bicyclic) bond motifs is 4. The van der Waals surface area contributed by atoms with Gasteiger partial charge in [0, 0.05) is 35.7 Å². The second-order valence-corrected chi connectivity index (χ2v) is 7.06. The van der Waals surface area contributed by atoms with Crippen molar-refractivity contribution in [3.05, 3.63) is 29.8 Å². The number of pyridine rings is 1. The minimum absolute atomic E-state index is 0.164. The van der Waals surface area contributed by atoms with Crippen LogP contribution in [0.3, 0.4) is 0 Å². The van der Waals surface area contributed by atoms with Crippen molar-refractivity contribution >= 4 is 22.8 Å². The first-order chi connectivity index (χ1) is 12.6. The smallest absolute Gasteiger partial charge is 0.384 e. The molecule has 2 bridgehead atoms. The van der Waals surface area contributed by atoms with Gasteiger partial charge in [0.05, 0.1) is 7.11 Å². The number of esters is 1. The van der Waals surface area contributed by atoms with Crippen molar-refractivity contribution in [2.75, 3.05) is 7.11 Å². The molecule has 6 nitrogen and oxygen atoms in total. The Bertz CT molecular complexity index is 913. The Morgan fingerprint density at radius 1 is 1.27 bits per heavy atom. The number of rotatable bonds is 2. The number of methoxy groups -OCH3 is 1. The summed E-state index contributed by atoms with van der Waals surface area (Å²) in [5.74, 6) is 5.79. The van der Waals surface area contributed by atoms with Crippen LogP contribution >= 0.6 is 0 Å². The zero-order chi connectivity index (χ0) is 18.1. The van der Waals surface area contributed by atoms with Gasteiger partial charge >= 0.3 is 5.97 Å². The van der Waals surface area contributed by atoms with Crippen molar-refractivity contribution in [2.24, 2.45) is 11.8 Å². The predicted octanol–water partition coefficient (Wildman–Crippen LogP) is 2.66. The summed E-state index contributed by atoms with van der Waals surface area (Å²) in [6.45, 7) is 0. The fourth-order valence-electron chi connectivity index (χ4n) is 4.08. The third-order valence-corrected chi connectivity index (χ3v) is 5.47. The van der Waals surface area contributed by atoms with Gasteiger partial charge in [-0.25, -0.2) is 4.79 Å². The van der Waals surface area contributed by atoms with Crippen molar-refractivity contribution in [3.63, 3.8) is 0 Å². The number of amides is 1. The molecule has 3 aliphatic rings. The number of hydrogen-bond donors (Lipinski definition) is 1. The van der Waals surface area contributed by atoms with Crippen molar-refractivity contribution in [2.45, 2.75) is 38.1 Å². The van der Waals surface area contributed by atoms with Crippen molar-refractivity contribution in [1.82, 2.24) is 10.3 Å². The number of carbonyl (C=O) groups is 2. The molecule has 26 heavy (non-hydrogen) atoms. The predicted molar refractivity (Wildman–Crippen MR) is 94.2 cm³/mol. The van der Waals surface area contributed by atoms with E-state index >= 15 is 0 Å². The van der Waals surface area contributed by atoms with E-state index in [-0.39, 0.29) is 11.9 Å². The number of carbonyl (C=O) groups excluding carboxylic acids is 2. The third kappa shape index (κ3) is 3.30. The van der Waals surface area contributed by atoms with Gasteiger partial charge < -0.3 is 14.5 Å². The van der Waals surface area contributed by atoms with E-state index in [1.165, 1.54) is 32.8 Å². The lowest BCUT2D eigenvalue weighted by molar-refractivity contribution is -0.133. The normalized spacial score (nSPS) is 24.0. The van der Waals surface area contributed by atoms with Gasteiger partial charge in [0.25, 0.3) is 5.91 Å². The highest BCUT2D eigenvalue weighted by Crippen LogP contribution is 2.41. The molecular formula is C20H20N2O4. The third-order valence-electron chi connectivity index (χ3n) is 5.47. The number of aromatic nitrogens is 1. The summed E-state index contributed by atoms with van der Waals surface area (Å²) < 4.78 is 10.1. The first-order valence-corrected chi connectivity index (χ1v) is 8.93. The SMILES string of the molecule is COC(=O)C#Cc1cc2cnc(C(=O)NC3CC4CCC3CC4)cc2o1. The summed E-state index contributed by atoms with van der Waals surface area (Å²) in [6.07, 6.45) is 7.67. The number of hydrogen-bond acceptors (Lipinski definition) is 5. The molecule has 134 valence electrons. The molecule has 6 heteroatoms. The van der Waals surface area contributed by atoms with Gasteiger partial charge in [-0.05, 0) is 37.0 Å². The molecule has 2 heterocycles. The summed E-state index contributed by atoms with van der Waals surface area (Å²) >= 11 is 0. The van der Waals surface area contributed by atoms with E-state index in [4.69, 9.17) is 4.42 Å². The topological polar surface area (TPSA) is 81.4 Å². The van der Waals surface area contributed by atoms with Gasteiger partial charge in [0.1, 0.15) is 11.3 Å². The molecule has 0 radical (unpaired) electrons. The lowest BCUT2D eigenvalue weighted by Crippen LogP contribution is -2.47. The van der Waals surface area contributed by atoms with Crippen LogP contribution in [0, 0.1) is 23.7 Å². The zero-order valence-electron chi connectivity index (χ0n) is 14.6. The van der Waals surface area contributed by atoms with Gasteiger partial charge in [0.2, 0.25) is 0 Å². The minimum Gasteiger partial charge on any atom is -0.459 e. The molecule has 2 aromatic heterocycles. The fraction of sp³-hybridized carbons (Fsp3) is 0.450. The molecule has 0 saturated heterocycles. The van der Waals surface area contributed by atoms with Crippen molar-refractivity contribution < 1.29 is 18.7 Å². The molecule has 0 spiro atoms. The van der Waals surface area contributed by atoms with E-state index in [0.29, 0.717) is 23.0 Å². The van der Waals surface area contributed by atoms with Crippen molar-refractivity contribution in [3.8, 4) is 11.8 Å². The molecule has 1 unspecified atom stereocenters. The minimum atomic E-state index is -0.634. The Labute approximate surface area is 151 Å². The van der Waals surface area contributed by atoms with Crippen LogP contribution in [0.1, 0.15) is 48.4 Å². The number of furan rings is 1. The van der Waals surface area contributed by atoms with Gasteiger partial charge in [-0.1, -0.05) is 12.8 Å². The maximum atomic E-state index is 12.6. The van der Waals surface area contributed by atoms with Crippen LogP contribution in [0.15, 0.2) is 22.7 Å². The number of nitrogens with one attached hydrogen (secondary N) is 1.